The van der Waals surface area contributed by atoms with Crippen LogP contribution in [0.5, 0.6) is 0 Å². The molecule has 130 valence electrons. The first-order chi connectivity index (χ1) is 13.2. The molecule has 0 radical (unpaired) electrons. The summed E-state index contributed by atoms with van der Waals surface area (Å²) in [4.78, 5) is 20.5. The molecule has 1 saturated heterocycles. The van der Waals surface area contributed by atoms with Crippen LogP contribution >= 0.6 is 0 Å². The molecule has 0 spiro atoms. The number of benzene rings is 1. The second-order valence-corrected chi connectivity index (χ2v) is 6.00. The van der Waals surface area contributed by atoms with Crippen LogP contribution in [0, 0.1) is 0 Å². The highest BCUT2D eigenvalue weighted by atomic mass is 16.6. The normalized spacial score (nSPS) is 13.3. The SMILES string of the molecule is C=C1OB(c2cc(-c3cccc(-c4ccccn4)n3)ccc2C=O)OC1=C. The molecule has 0 unspecified atom stereocenters. The standard InChI is InChI=1S/C21H15BN2O3/c1-14-15(2)27-22(26-14)18-12-16(9-10-17(18)13-25)19-7-5-8-21(24-19)20-6-3-4-11-23-20/h3-13H,1-2H2. The maximum absolute atomic E-state index is 11.5. The molecule has 1 aliphatic heterocycles. The summed E-state index contributed by atoms with van der Waals surface area (Å²) in [6.45, 7) is 7.48. The number of rotatable bonds is 4. The summed E-state index contributed by atoms with van der Waals surface area (Å²) in [5.41, 5.74) is 4.24. The van der Waals surface area contributed by atoms with E-state index >= 15 is 0 Å². The van der Waals surface area contributed by atoms with E-state index in [2.05, 4.69) is 18.1 Å². The van der Waals surface area contributed by atoms with E-state index in [9.17, 15) is 4.79 Å². The van der Waals surface area contributed by atoms with Crippen molar-refractivity contribution in [3.8, 4) is 22.6 Å². The van der Waals surface area contributed by atoms with Crippen molar-refractivity contribution in [1.29, 1.82) is 0 Å². The summed E-state index contributed by atoms with van der Waals surface area (Å²) >= 11 is 0. The number of pyridine rings is 2. The van der Waals surface area contributed by atoms with Crippen molar-refractivity contribution in [1.82, 2.24) is 9.97 Å². The van der Waals surface area contributed by atoms with Crippen LogP contribution in [0.25, 0.3) is 22.6 Å². The third kappa shape index (κ3) is 3.25. The molecule has 0 aliphatic carbocycles. The molecule has 1 aromatic carbocycles. The van der Waals surface area contributed by atoms with Crippen molar-refractivity contribution in [2.24, 2.45) is 0 Å². The third-order valence-corrected chi connectivity index (χ3v) is 4.25. The van der Waals surface area contributed by atoms with Gasteiger partial charge >= 0.3 is 7.12 Å². The second kappa shape index (κ2) is 6.92. The Hall–Kier alpha value is -3.67. The van der Waals surface area contributed by atoms with Crippen LogP contribution in [-0.2, 0) is 9.31 Å². The van der Waals surface area contributed by atoms with Gasteiger partial charge in [0.15, 0.2) is 0 Å². The quantitative estimate of drug-likeness (QED) is 0.531. The number of aldehydes is 1. The fourth-order valence-corrected chi connectivity index (χ4v) is 2.84. The van der Waals surface area contributed by atoms with Crippen LogP contribution in [0.15, 0.2) is 85.5 Å². The molecule has 1 fully saturated rings. The highest BCUT2D eigenvalue weighted by Gasteiger charge is 2.36. The molecule has 4 rings (SSSR count). The summed E-state index contributed by atoms with van der Waals surface area (Å²) in [6.07, 6.45) is 2.50. The molecular formula is C21H15BN2O3. The molecule has 0 saturated carbocycles. The minimum absolute atomic E-state index is 0.359. The van der Waals surface area contributed by atoms with Crippen molar-refractivity contribution in [3.05, 3.63) is 91.0 Å². The van der Waals surface area contributed by atoms with Gasteiger partial charge in [0.25, 0.3) is 0 Å². The largest absolute Gasteiger partial charge is 0.633 e. The molecular weight excluding hydrogens is 339 g/mol. The molecule has 3 heterocycles. The van der Waals surface area contributed by atoms with Crippen LogP contribution in [0.4, 0.5) is 0 Å². The maximum Gasteiger partial charge on any atom is 0.633 e. The van der Waals surface area contributed by atoms with Crippen LogP contribution in [-0.4, -0.2) is 23.4 Å². The van der Waals surface area contributed by atoms with Crippen LogP contribution < -0.4 is 5.46 Å². The second-order valence-electron chi connectivity index (χ2n) is 6.00. The Kier molecular flexibility index (Phi) is 4.30. The molecule has 5 nitrogen and oxygen atoms in total. The smallest absolute Gasteiger partial charge is 0.520 e. The highest BCUT2D eigenvalue weighted by molar-refractivity contribution is 6.64. The first kappa shape index (κ1) is 16.8. The summed E-state index contributed by atoms with van der Waals surface area (Å²) in [5.74, 6) is 0.718. The summed E-state index contributed by atoms with van der Waals surface area (Å²) in [6, 6.07) is 16.8. The predicted octanol–water partition coefficient (Wildman–Crippen LogP) is 3.39. The van der Waals surface area contributed by atoms with Gasteiger partial charge in [0.05, 0.1) is 17.1 Å². The van der Waals surface area contributed by atoms with E-state index in [1.807, 2.05) is 48.5 Å². The van der Waals surface area contributed by atoms with Gasteiger partial charge in [-0.25, -0.2) is 4.98 Å². The fraction of sp³-hybridized carbons (Fsp3) is 0. The van der Waals surface area contributed by atoms with Gasteiger partial charge in [-0.2, -0.15) is 0 Å². The minimum Gasteiger partial charge on any atom is -0.520 e. The van der Waals surface area contributed by atoms with E-state index in [0.717, 1.165) is 28.9 Å². The van der Waals surface area contributed by atoms with E-state index in [1.54, 1.807) is 12.3 Å². The van der Waals surface area contributed by atoms with Crippen LogP contribution in [0.1, 0.15) is 10.4 Å². The Balaban J connectivity index is 1.75. The van der Waals surface area contributed by atoms with E-state index in [4.69, 9.17) is 14.3 Å². The Morgan fingerprint density at radius 1 is 0.889 bits per heavy atom. The molecule has 0 amide bonds. The Bertz CT molecular complexity index is 1030. The molecule has 0 atom stereocenters. The topological polar surface area (TPSA) is 61.3 Å². The van der Waals surface area contributed by atoms with Crippen molar-refractivity contribution in [3.63, 3.8) is 0 Å². The fourth-order valence-electron chi connectivity index (χ4n) is 2.84. The van der Waals surface area contributed by atoms with E-state index in [0.29, 0.717) is 22.5 Å². The Morgan fingerprint density at radius 3 is 2.33 bits per heavy atom. The number of carbonyl (C=O) groups excluding carboxylic acids is 1. The van der Waals surface area contributed by atoms with E-state index < -0.39 is 7.12 Å². The molecule has 3 aromatic rings. The van der Waals surface area contributed by atoms with Gasteiger partial charge < -0.3 is 9.31 Å². The number of carbonyl (C=O) groups is 1. The number of hydrogen-bond acceptors (Lipinski definition) is 5. The maximum atomic E-state index is 11.5. The van der Waals surface area contributed by atoms with Crippen molar-refractivity contribution in [2.45, 2.75) is 0 Å². The first-order valence-electron chi connectivity index (χ1n) is 8.35. The van der Waals surface area contributed by atoms with Crippen LogP contribution in [0.2, 0.25) is 0 Å². The van der Waals surface area contributed by atoms with E-state index in [1.165, 1.54) is 0 Å². The lowest BCUT2D eigenvalue weighted by molar-refractivity contribution is 0.112. The highest BCUT2D eigenvalue weighted by Crippen LogP contribution is 2.24. The number of aromatic nitrogens is 2. The van der Waals surface area contributed by atoms with Gasteiger partial charge in [-0.05, 0) is 35.9 Å². The molecule has 6 heteroatoms. The van der Waals surface area contributed by atoms with Crippen molar-refractivity contribution < 1.29 is 14.1 Å². The lowest BCUT2D eigenvalue weighted by Crippen LogP contribution is -2.34. The van der Waals surface area contributed by atoms with Gasteiger partial charge in [0.2, 0.25) is 0 Å². The zero-order valence-corrected chi connectivity index (χ0v) is 14.5. The van der Waals surface area contributed by atoms with E-state index in [-0.39, 0.29) is 0 Å². The number of nitrogens with zero attached hydrogens (tertiary/aromatic N) is 2. The van der Waals surface area contributed by atoms with Gasteiger partial charge in [-0.1, -0.05) is 37.4 Å². The molecule has 0 N–H and O–H groups in total. The summed E-state index contributed by atoms with van der Waals surface area (Å²) in [5, 5.41) is 0. The van der Waals surface area contributed by atoms with Gasteiger partial charge in [0, 0.05) is 17.2 Å². The Labute approximate surface area is 157 Å². The molecule has 0 bridgehead atoms. The predicted molar refractivity (Wildman–Crippen MR) is 104 cm³/mol. The molecule has 2 aromatic heterocycles. The van der Waals surface area contributed by atoms with Gasteiger partial charge in [-0.15, -0.1) is 0 Å². The van der Waals surface area contributed by atoms with Crippen LogP contribution in [0.3, 0.4) is 0 Å². The summed E-state index contributed by atoms with van der Waals surface area (Å²) in [7, 11) is -0.746. The van der Waals surface area contributed by atoms with Crippen molar-refractivity contribution in [2.75, 3.05) is 0 Å². The average molecular weight is 354 g/mol. The van der Waals surface area contributed by atoms with Gasteiger partial charge in [-0.3, -0.25) is 9.78 Å². The minimum atomic E-state index is -0.746. The van der Waals surface area contributed by atoms with Crippen molar-refractivity contribution >= 4 is 18.9 Å². The molecule has 1 aliphatic rings. The monoisotopic (exact) mass is 354 g/mol. The lowest BCUT2D eigenvalue weighted by atomic mass is 9.75. The third-order valence-electron chi connectivity index (χ3n) is 4.25. The average Bonchev–Trinajstić information content (AvgIpc) is 3.06. The Morgan fingerprint density at radius 2 is 1.63 bits per heavy atom. The first-order valence-corrected chi connectivity index (χ1v) is 8.35. The molecule has 27 heavy (non-hydrogen) atoms. The number of hydrogen-bond donors (Lipinski definition) is 0. The zero-order valence-electron chi connectivity index (χ0n) is 14.5. The lowest BCUT2D eigenvalue weighted by Gasteiger charge is -2.10. The summed E-state index contributed by atoms with van der Waals surface area (Å²) < 4.78 is 11.2. The zero-order chi connectivity index (χ0) is 18.8. The van der Waals surface area contributed by atoms with Gasteiger partial charge in [0.1, 0.15) is 17.8 Å².